The lowest BCUT2D eigenvalue weighted by Crippen LogP contribution is -2.23. The first-order chi connectivity index (χ1) is 6.45. The van der Waals surface area contributed by atoms with Gasteiger partial charge in [0.1, 0.15) is 5.52 Å². The normalized spacial score (nSPS) is 14.9. The van der Waals surface area contributed by atoms with Gasteiger partial charge >= 0.3 is 0 Å². The lowest BCUT2D eigenvalue weighted by molar-refractivity contribution is 0.647. The van der Waals surface area contributed by atoms with Crippen LogP contribution in [0.1, 0.15) is 11.1 Å². The van der Waals surface area contributed by atoms with Crippen LogP contribution in [0, 0.1) is 0 Å². The Kier molecular flexibility index (Phi) is 2.67. The molecule has 74 valence electrons. The molecular weight excluding hydrogens is 218 g/mol. The van der Waals surface area contributed by atoms with E-state index >= 15 is 0 Å². The Morgan fingerprint density at radius 2 is 2.29 bits per heavy atom. The van der Waals surface area contributed by atoms with Gasteiger partial charge in [0.15, 0.2) is 0 Å². The summed E-state index contributed by atoms with van der Waals surface area (Å²) in [7, 11) is 0. The predicted octanol–water partition coefficient (Wildman–Crippen LogP) is 1.76. The fourth-order valence-electron chi connectivity index (χ4n) is 1.81. The zero-order valence-electron chi connectivity index (χ0n) is 7.49. The van der Waals surface area contributed by atoms with Gasteiger partial charge in [0.25, 0.3) is 0 Å². The standard InChI is InChI=1S/C9H9N3S.ClH/c1-2-8-9(11-12-13-8)7-5-10-4-3-6(1)7;/h1-2,10H,3-5H2;1H. The molecule has 14 heavy (non-hydrogen) atoms. The molecule has 3 rings (SSSR count). The molecule has 0 unspecified atom stereocenters. The van der Waals surface area contributed by atoms with Gasteiger partial charge < -0.3 is 5.32 Å². The third-order valence-corrected chi connectivity index (χ3v) is 3.19. The van der Waals surface area contributed by atoms with Crippen LogP contribution >= 0.6 is 23.9 Å². The Balaban J connectivity index is 0.000000750. The number of hydrogen-bond donors (Lipinski definition) is 1. The van der Waals surface area contributed by atoms with E-state index in [2.05, 4.69) is 27.0 Å². The quantitative estimate of drug-likeness (QED) is 0.746. The maximum absolute atomic E-state index is 4.16. The van der Waals surface area contributed by atoms with E-state index in [9.17, 15) is 0 Å². The van der Waals surface area contributed by atoms with Crippen molar-refractivity contribution in [2.75, 3.05) is 6.54 Å². The SMILES string of the molecule is Cl.c1cc2snnc2c2c1CCNC2. The highest BCUT2D eigenvalue weighted by atomic mass is 35.5. The van der Waals surface area contributed by atoms with Gasteiger partial charge in [-0.15, -0.1) is 17.5 Å². The smallest absolute Gasteiger partial charge is 0.110 e. The van der Waals surface area contributed by atoms with Crippen LogP contribution in [0.15, 0.2) is 12.1 Å². The number of fused-ring (bicyclic) bond motifs is 3. The number of nitrogens with one attached hydrogen (secondary N) is 1. The van der Waals surface area contributed by atoms with E-state index in [1.54, 1.807) is 0 Å². The van der Waals surface area contributed by atoms with Crippen LogP contribution in [0.5, 0.6) is 0 Å². The van der Waals surface area contributed by atoms with Crippen molar-refractivity contribution in [1.29, 1.82) is 0 Å². The Hall–Kier alpha value is -0.710. The number of benzene rings is 1. The molecule has 0 fully saturated rings. The number of halogens is 1. The van der Waals surface area contributed by atoms with Gasteiger partial charge in [0.2, 0.25) is 0 Å². The minimum atomic E-state index is 0. The van der Waals surface area contributed by atoms with Crippen molar-refractivity contribution in [2.45, 2.75) is 13.0 Å². The average Bonchev–Trinajstić information content (AvgIpc) is 2.65. The van der Waals surface area contributed by atoms with Gasteiger partial charge in [-0.2, -0.15) is 0 Å². The highest BCUT2D eigenvalue weighted by Crippen LogP contribution is 2.24. The van der Waals surface area contributed by atoms with Gasteiger partial charge in [-0.25, -0.2) is 0 Å². The van der Waals surface area contributed by atoms with Crippen LogP contribution in [0.4, 0.5) is 0 Å². The highest BCUT2D eigenvalue weighted by molar-refractivity contribution is 7.12. The molecule has 0 atom stereocenters. The largest absolute Gasteiger partial charge is 0.312 e. The molecule has 1 aromatic carbocycles. The van der Waals surface area contributed by atoms with Gasteiger partial charge in [0, 0.05) is 6.54 Å². The summed E-state index contributed by atoms with van der Waals surface area (Å²) < 4.78 is 5.17. The molecule has 5 heteroatoms. The summed E-state index contributed by atoms with van der Waals surface area (Å²) in [5.41, 5.74) is 3.87. The van der Waals surface area contributed by atoms with Gasteiger partial charge in [-0.05, 0) is 41.7 Å². The van der Waals surface area contributed by atoms with Crippen LogP contribution in [0.3, 0.4) is 0 Å². The molecule has 0 saturated carbocycles. The van der Waals surface area contributed by atoms with Crippen molar-refractivity contribution in [2.24, 2.45) is 0 Å². The third-order valence-electron chi connectivity index (χ3n) is 2.50. The number of hydrogen-bond acceptors (Lipinski definition) is 4. The first kappa shape index (κ1) is 9.83. The molecule has 0 spiro atoms. The Bertz CT molecular complexity index is 454. The molecule has 1 aromatic heterocycles. The van der Waals surface area contributed by atoms with Crippen molar-refractivity contribution >= 4 is 34.2 Å². The molecule has 2 aromatic rings. The summed E-state index contributed by atoms with van der Waals surface area (Å²) in [6, 6.07) is 4.34. The van der Waals surface area contributed by atoms with Crippen LogP contribution < -0.4 is 5.32 Å². The van der Waals surface area contributed by atoms with E-state index in [-0.39, 0.29) is 12.4 Å². The summed E-state index contributed by atoms with van der Waals surface area (Å²) in [6.07, 6.45) is 1.11. The molecule has 0 saturated heterocycles. The van der Waals surface area contributed by atoms with Crippen molar-refractivity contribution < 1.29 is 0 Å². The van der Waals surface area contributed by atoms with E-state index in [1.807, 2.05) is 0 Å². The summed E-state index contributed by atoms with van der Waals surface area (Å²) in [5.74, 6) is 0. The Morgan fingerprint density at radius 1 is 1.36 bits per heavy atom. The molecule has 3 nitrogen and oxygen atoms in total. The zero-order chi connectivity index (χ0) is 8.67. The second kappa shape index (κ2) is 3.81. The van der Waals surface area contributed by atoms with Crippen LogP contribution in [-0.2, 0) is 13.0 Å². The first-order valence-electron chi connectivity index (χ1n) is 4.39. The van der Waals surface area contributed by atoms with E-state index in [4.69, 9.17) is 0 Å². The molecule has 1 N–H and O–H groups in total. The molecule has 1 aliphatic heterocycles. The van der Waals surface area contributed by atoms with Crippen molar-refractivity contribution in [3.05, 3.63) is 23.3 Å². The summed E-state index contributed by atoms with van der Waals surface area (Å²) in [6.45, 7) is 2.02. The van der Waals surface area contributed by atoms with E-state index in [1.165, 1.54) is 27.4 Å². The lowest BCUT2D eigenvalue weighted by Gasteiger charge is -2.16. The van der Waals surface area contributed by atoms with Crippen LogP contribution in [-0.4, -0.2) is 16.1 Å². The minimum absolute atomic E-state index is 0. The molecule has 0 aliphatic carbocycles. The van der Waals surface area contributed by atoms with Gasteiger partial charge in [-0.1, -0.05) is 10.6 Å². The van der Waals surface area contributed by atoms with Crippen LogP contribution in [0.2, 0.25) is 0 Å². The van der Waals surface area contributed by atoms with Gasteiger partial charge in [0.05, 0.1) is 4.70 Å². The van der Waals surface area contributed by atoms with Gasteiger partial charge in [-0.3, -0.25) is 0 Å². The molecule has 2 heterocycles. The second-order valence-corrected chi connectivity index (χ2v) is 4.04. The number of aromatic nitrogens is 2. The Morgan fingerprint density at radius 3 is 3.21 bits per heavy atom. The lowest BCUT2D eigenvalue weighted by atomic mass is 10.0. The molecule has 0 amide bonds. The maximum Gasteiger partial charge on any atom is 0.110 e. The van der Waals surface area contributed by atoms with Crippen molar-refractivity contribution in [3.8, 4) is 0 Å². The second-order valence-electron chi connectivity index (χ2n) is 3.25. The summed E-state index contributed by atoms with van der Waals surface area (Å²) in [5, 5.41) is 7.52. The highest BCUT2D eigenvalue weighted by Gasteiger charge is 2.13. The maximum atomic E-state index is 4.16. The number of nitrogens with zero attached hydrogens (tertiary/aromatic N) is 2. The molecular formula is C9H10ClN3S. The molecule has 1 aliphatic rings. The van der Waals surface area contributed by atoms with Crippen molar-refractivity contribution in [1.82, 2.24) is 14.9 Å². The van der Waals surface area contributed by atoms with E-state index in [0.717, 1.165) is 25.0 Å². The first-order valence-corrected chi connectivity index (χ1v) is 5.16. The van der Waals surface area contributed by atoms with E-state index < -0.39 is 0 Å². The fraction of sp³-hybridized carbons (Fsp3) is 0.333. The Labute approximate surface area is 92.1 Å². The molecule has 0 radical (unpaired) electrons. The number of rotatable bonds is 0. The van der Waals surface area contributed by atoms with Crippen molar-refractivity contribution in [3.63, 3.8) is 0 Å². The minimum Gasteiger partial charge on any atom is -0.312 e. The predicted molar refractivity (Wildman–Crippen MR) is 60.1 cm³/mol. The fourth-order valence-corrected chi connectivity index (χ4v) is 2.40. The topological polar surface area (TPSA) is 37.8 Å². The summed E-state index contributed by atoms with van der Waals surface area (Å²) >= 11 is 1.47. The third kappa shape index (κ3) is 1.39. The zero-order valence-corrected chi connectivity index (χ0v) is 9.12. The monoisotopic (exact) mass is 227 g/mol. The van der Waals surface area contributed by atoms with E-state index in [0.29, 0.717) is 0 Å². The van der Waals surface area contributed by atoms with Crippen LogP contribution in [0.25, 0.3) is 10.2 Å². The average molecular weight is 228 g/mol. The molecule has 0 bridgehead atoms. The summed E-state index contributed by atoms with van der Waals surface area (Å²) in [4.78, 5) is 0.